The minimum atomic E-state index is -0.408. The van der Waals surface area contributed by atoms with Crippen LogP contribution in [0.15, 0.2) is 48.7 Å². The molecule has 25 heavy (non-hydrogen) atoms. The molecule has 0 saturated carbocycles. The van der Waals surface area contributed by atoms with Gasteiger partial charge < -0.3 is 9.64 Å². The molecule has 2 aromatic carbocycles. The van der Waals surface area contributed by atoms with Gasteiger partial charge in [-0.1, -0.05) is 12.1 Å². The van der Waals surface area contributed by atoms with Crippen molar-refractivity contribution < 1.29 is 14.1 Å². The zero-order valence-electron chi connectivity index (χ0n) is 13.7. The molecule has 0 spiro atoms. The Morgan fingerprint density at radius 2 is 1.88 bits per heavy atom. The van der Waals surface area contributed by atoms with Gasteiger partial charge in [-0.3, -0.25) is 10.1 Å². The highest BCUT2D eigenvalue weighted by molar-refractivity contribution is 5.62. The highest BCUT2D eigenvalue weighted by Gasteiger charge is 2.14. The summed E-state index contributed by atoms with van der Waals surface area (Å²) in [4.78, 5) is 13.1. The molecule has 0 N–H and O–H groups in total. The largest absolute Gasteiger partial charge is 0.489 e. The molecule has 5 nitrogen and oxygen atoms in total. The first-order valence-corrected chi connectivity index (χ1v) is 8.20. The standard InChI is InChI=1S/C19H19FN2O3/c20-17-6-3-15(4-7-17)14-25-18-8-5-16(19(13-18)22(23)24)9-12-21-10-1-2-11-21/h3-9,12-13H,1-2,10-11,14H2. The van der Waals surface area contributed by atoms with E-state index >= 15 is 0 Å². The maximum atomic E-state index is 12.9. The molecule has 0 radical (unpaired) electrons. The molecule has 0 atom stereocenters. The zero-order valence-corrected chi connectivity index (χ0v) is 13.7. The van der Waals surface area contributed by atoms with E-state index in [2.05, 4.69) is 4.90 Å². The maximum absolute atomic E-state index is 12.9. The Morgan fingerprint density at radius 3 is 2.56 bits per heavy atom. The van der Waals surface area contributed by atoms with E-state index in [1.54, 1.807) is 30.3 Å². The van der Waals surface area contributed by atoms with Crippen molar-refractivity contribution in [3.8, 4) is 5.75 Å². The van der Waals surface area contributed by atoms with Crippen LogP contribution in [0.4, 0.5) is 10.1 Å². The number of halogens is 1. The normalized spacial score (nSPS) is 14.2. The number of hydrogen-bond donors (Lipinski definition) is 0. The lowest BCUT2D eigenvalue weighted by Gasteiger charge is -2.10. The lowest BCUT2D eigenvalue weighted by atomic mass is 10.1. The molecule has 1 aliphatic rings. The quantitative estimate of drug-likeness (QED) is 0.577. The van der Waals surface area contributed by atoms with Crippen molar-refractivity contribution in [1.29, 1.82) is 0 Å². The Bertz CT molecular complexity index is 769. The molecule has 0 amide bonds. The second-order valence-corrected chi connectivity index (χ2v) is 5.95. The van der Waals surface area contributed by atoms with Crippen molar-refractivity contribution in [3.05, 3.63) is 75.7 Å². The van der Waals surface area contributed by atoms with E-state index in [0.717, 1.165) is 31.5 Å². The van der Waals surface area contributed by atoms with Gasteiger partial charge in [0.25, 0.3) is 5.69 Å². The molecule has 0 aliphatic carbocycles. The molecule has 130 valence electrons. The van der Waals surface area contributed by atoms with Crippen LogP contribution in [-0.2, 0) is 6.61 Å². The summed E-state index contributed by atoms with van der Waals surface area (Å²) in [7, 11) is 0. The SMILES string of the molecule is O=[N+]([O-])c1cc(OCc2ccc(F)cc2)ccc1C=CN1CCCC1. The fraction of sp³-hybridized carbons (Fsp3) is 0.263. The van der Waals surface area contributed by atoms with Crippen LogP contribution in [0.2, 0.25) is 0 Å². The highest BCUT2D eigenvalue weighted by Crippen LogP contribution is 2.27. The molecule has 0 unspecified atom stereocenters. The Hall–Kier alpha value is -2.89. The molecule has 2 aromatic rings. The summed E-state index contributed by atoms with van der Waals surface area (Å²) in [5.74, 6) is 0.0999. The number of benzene rings is 2. The smallest absolute Gasteiger partial charge is 0.280 e. The number of nitro groups is 1. The predicted octanol–water partition coefficient (Wildman–Crippen LogP) is 4.38. The molecule has 6 heteroatoms. The monoisotopic (exact) mass is 342 g/mol. The number of nitro benzene ring substituents is 1. The summed E-state index contributed by atoms with van der Waals surface area (Å²) < 4.78 is 18.5. The molecule has 1 fully saturated rings. The average Bonchev–Trinajstić information content (AvgIpc) is 3.13. The van der Waals surface area contributed by atoms with Crippen molar-refractivity contribution >= 4 is 11.8 Å². The number of nitrogens with zero attached hydrogens (tertiary/aromatic N) is 2. The predicted molar refractivity (Wildman–Crippen MR) is 93.7 cm³/mol. The van der Waals surface area contributed by atoms with Crippen LogP contribution in [0, 0.1) is 15.9 Å². The second-order valence-electron chi connectivity index (χ2n) is 5.95. The van der Waals surface area contributed by atoms with Crippen LogP contribution in [0.3, 0.4) is 0 Å². The van der Waals surface area contributed by atoms with Crippen molar-refractivity contribution in [2.75, 3.05) is 13.1 Å². The van der Waals surface area contributed by atoms with E-state index in [1.807, 2.05) is 6.20 Å². The molecule has 0 bridgehead atoms. The highest BCUT2D eigenvalue weighted by atomic mass is 19.1. The Balaban J connectivity index is 1.71. The molecular weight excluding hydrogens is 323 g/mol. The van der Waals surface area contributed by atoms with Crippen LogP contribution < -0.4 is 4.74 Å². The third-order valence-corrected chi connectivity index (χ3v) is 4.12. The maximum Gasteiger partial charge on any atom is 0.280 e. The molecule has 1 heterocycles. The summed E-state index contributed by atoms with van der Waals surface area (Å²) in [6.45, 7) is 2.20. The Labute approximate surface area is 145 Å². The van der Waals surface area contributed by atoms with E-state index < -0.39 is 4.92 Å². The summed E-state index contributed by atoms with van der Waals surface area (Å²) in [5, 5.41) is 11.3. The average molecular weight is 342 g/mol. The molecular formula is C19H19FN2O3. The Kier molecular flexibility index (Phi) is 5.28. The van der Waals surface area contributed by atoms with Gasteiger partial charge in [-0.05, 0) is 54.9 Å². The van der Waals surface area contributed by atoms with Gasteiger partial charge in [-0.2, -0.15) is 0 Å². The summed E-state index contributed by atoms with van der Waals surface area (Å²) >= 11 is 0. The van der Waals surface area contributed by atoms with Crippen LogP contribution >= 0.6 is 0 Å². The first-order valence-electron chi connectivity index (χ1n) is 8.20. The van der Waals surface area contributed by atoms with Crippen molar-refractivity contribution in [3.63, 3.8) is 0 Å². The van der Waals surface area contributed by atoms with E-state index in [0.29, 0.717) is 11.3 Å². The first-order chi connectivity index (χ1) is 12.1. The van der Waals surface area contributed by atoms with Gasteiger partial charge in [0.2, 0.25) is 0 Å². The van der Waals surface area contributed by atoms with Gasteiger partial charge in [0.05, 0.1) is 16.6 Å². The van der Waals surface area contributed by atoms with Crippen molar-refractivity contribution in [1.82, 2.24) is 4.90 Å². The molecule has 0 aromatic heterocycles. The van der Waals surface area contributed by atoms with E-state index in [1.165, 1.54) is 18.2 Å². The summed E-state index contributed by atoms with van der Waals surface area (Å²) in [6, 6.07) is 10.8. The second kappa shape index (κ2) is 7.79. The van der Waals surface area contributed by atoms with Gasteiger partial charge in [-0.15, -0.1) is 0 Å². The number of likely N-dealkylation sites (tertiary alicyclic amines) is 1. The minimum absolute atomic E-state index is 0.00653. The Morgan fingerprint density at radius 1 is 1.16 bits per heavy atom. The summed E-state index contributed by atoms with van der Waals surface area (Å²) in [5.41, 5.74) is 1.35. The topological polar surface area (TPSA) is 55.6 Å². The van der Waals surface area contributed by atoms with Gasteiger partial charge in [0.1, 0.15) is 18.2 Å². The van der Waals surface area contributed by atoms with Gasteiger partial charge in [-0.25, -0.2) is 4.39 Å². The fourth-order valence-electron chi connectivity index (χ4n) is 2.74. The van der Waals surface area contributed by atoms with E-state index in [-0.39, 0.29) is 18.1 Å². The third-order valence-electron chi connectivity index (χ3n) is 4.12. The van der Waals surface area contributed by atoms with Gasteiger partial charge in [0, 0.05) is 13.1 Å². The minimum Gasteiger partial charge on any atom is -0.489 e. The zero-order chi connectivity index (χ0) is 17.6. The van der Waals surface area contributed by atoms with Crippen LogP contribution in [0.25, 0.3) is 6.08 Å². The number of hydrogen-bond acceptors (Lipinski definition) is 4. The number of rotatable bonds is 6. The molecule has 1 aliphatic heterocycles. The van der Waals surface area contributed by atoms with E-state index in [9.17, 15) is 14.5 Å². The first kappa shape index (κ1) is 17.0. The van der Waals surface area contributed by atoms with Gasteiger partial charge in [0.15, 0.2) is 0 Å². The third kappa shape index (κ3) is 4.56. The van der Waals surface area contributed by atoms with Crippen LogP contribution in [0.1, 0.15) is 24.0 Å². The van der Waals surface area contributed by atoms with Crippen LogP contribution in [0.5, 0.6) is 5.75 Å². The lowest BCUT2D eigenvalue weighted by Crippen LogP contribution is -2.10. The molecule has 1 saturated heterocycles. The summed E-state index contributed by atoms with van der Waals surface area (Å²) in [6.07, 6.45) is 5.99. The van der Waals surface area contributed by atoms with Crippen molar-refractivity contribution in [2.45, 2.75) is 19.4 Å². The van der Waals surface area contributed by atoms with Crippen molar-refractivity contribution in [2.24, 2.45) is 0 Å². The van der Waals surface area contributed by atoms with Crippen LogP contribution in [-0.4, -0.2) is 22.9 Å². The fourth-order valence-corrected chi connectivity index (χ4v) is 2.74. The number of ether oxygens (including phenoxy) is 1. The van der Waals surface area contributed by atoms with Gasteiger partial charge >= 0.3 is 0 Å². The van der Waals surface area contributed by atoms with E-state index in [4.69, 9.17) is 4.74 Å². The lowest BCUT2D eigenvalue weighted by molar-refractivity contribution is -0.385. The molecule has 3 rings (SSSR count).